The van der Waals surface area contributed by atoms with Gasteiger partial charge in [0, 0.05) is 12.0 Å². The van der Waals surface area contributed by atoms with Gasteiger partial charge in [-0.1, -0.05) is 6.58 Å². The molecule has 1 saturated heterocycles. The zero-order valence-electron chi connectivity index (χ0n) is 10.8. The Kier molecular flexibility index (Phi) is 3.87. The van der Waals surface area contributed by atoms with E-state index in [1.54, 1.807) is 6.92 Å². The second-order valence-electron chi connectivity index (χ2n) is 4.98. The van der Waals surface area contributed by atoms with Crippen molar-refractivity contribution in [3.8, 4) is 0 Å². The van der Waals surface area contributed by atoms with Gasteiger partial charge in [-0.15, -0.1) is 0 Å². The lowest BCUT2D eigenvalue weighted by molar-refractivity contribution is -0.160. The zero-order valence-corrected chi connectivity index (χ0v) is 10.8. The average Bonchev–Trinajstić information content (AvgIpc) is 2.66. The van der Waals surface area contributed by atoms with Crippen molar-refractivity contribution in [3.63, 3.8) is 0 Å². The summed E-state index contributed by atoms with van der Waals surface area (Å²) >= 11 is 0. The largest absolute Gasteiger partial charge is 0.458 e. The van der Waals surface area contributed by atoms with Crippen LogP contribution < -0.4 is 5.32 Å². The summed E-state index contributed by atoms with van der Waals surface area (Å²) in [6.45, 7) is 4.82. The van der Waals surface area contributed by atoms with Crippen LogP contribution in [0.25, 0.3) is 0 Å². The van der Waals surface area contributed by atoms with Crippen LogP contribution in [0.1, 0.15) is 26.2 Å². The van der Waals surface area contributed by atoms with Gasteiger partial charge in [0.2, 0.25) is 5.91 Å². The Morgan fingerprint density at radius 3 is 2.89 bits per heavy atom. The van der Waals surface area contributed by atoms with Crippen LogP contribution in [0.2, 0.25) is 0 Å². The molecule has 3 unspecified atom stereocenters. The van der Waals surface area contributed by atoms with Crippen molar-refractivity contribution in [2.24, 2.45) is 5.92 Å². The Morgan fingerprint density at radius 2 is 2.21 bits per heavy atom. The van der Waals surface area contributed by atoms with Gasteiger partial charge in [0.15, 0.2) is 0 Å². The second kappa shape index (κ2) is 5.42. The van der Waals surface area contributed by atoms with E-state index in [-0.39, 0.29) is 30.4 Å². The van der Waals surface area contributed by atoms with E-state index in [1.165, 1.54) is 0 Å². The van der Waals surface area contributed by atoms with E-state index < -0.39 is 12.1 Å². The normalized spacial score (nSPS) is 28.5. The summed E-state index contributed by atoms with van der Waals surface area (Å²) in [5.74, 6) is -1.14. The summed E-state index contributed by atoms with van der Waals surface area (Å²) in [4.78, 5) is 34.2. The quantitative estimate of drug-likeness (QED) is 0.586. The van der Waals surface area contributed by atoms with Crippen molar-refractivity contribution in [2.75, 3.05) is 6.54 Å². The fourth-order valence-corrected chi connectivity index (χ4v) is 2.33. The Hall–Kier alpha value is -1.85. The Morgan fingerprint density at radius 1 is 1.47 bits per heavy atom. The summed E-state index contributed by atoms with van der Waals surface area (Å²) in [6.07, 6.45) is 1.21. The highest BCUT2D eigenvalue weighted by Gasteiger charge is 2.44. The van der Waals surface area contributed by atoms with E-state index in [4.69, 9.17) is 9.47 Å². The number of esters is 2. The van der Waals surface area contributed by atoms with E-state index in [2.05, 4.69) is 11.9 Å². The number of amides is 1. The first-order valence-corrected chi connectivity index (χ1v) is 6.31. The topological polar surface area (TPSA) is 81.7 Å². The number of nitrogens with one attached hydrogen (secondary N) is 1. The van der Waals surface area contributed by atoms with Crippen LogP contribution in [-0.4, -0.2) is 36.6 Å². The van der Waals surface area contributed by atoms with Crippen LogP contribution in [0.3, 0.4) is 0 Å². The minimum atomic E-state index is -0.527. The first kappa shape index (κ1) is 13.6. The molecule has 2 aliphatic rings. The number of carbonyl (C=O) groups is 3. The molecule has 0 aromatic rings. The summed E-state index contributed by atoms with van der Waals surface area (Å²) in [5, 5.41) is 2.40. The van der Waals surface area contributed by atoms with E-state index in [9.17, 15) is 14.4 Å². The van der Waals surface area contributed by atoms with Crippen LogP contribution in [0.15, 0.2) is 12.2 Å². The molecule has 1 heterocycles. The van der Waals surface area contributed by atoms with Crippen molar-refractivity contribution in [2.45, 2.75) is 38.4 Å². The van der Waals surface area contributed by atoms with E-state index in [0.717, 1.165) is 0 Å². The highest BCUT2D eigenvalue weighted by Crippen LogP contribution is 2.35. The monoisotopic (exact) mass is 267 g/mol. The first-order valence-electron chi connectivity index (χ1n) is 6.31. The number of rotatable bonds is 4. The number of hydrogen-bond donors (Lipinski definition) is 1. The summed E-state index contributed by atoms with van der Waals surface area (Å²) in [7, 11) is 0. The third kappa shape index (κ3) is 3.13. The molecule has 6 heteroatoms. The highest BCUT2D eigenvalue weighted by atomic mass is 16.6. The summed E-state index contributed by atoms with van der Waals surface area (Å²) in [6, 6.07) is 0. The molecule has 0 aromatic heterocycles. The van der Waals surface area contributed by atoms with Crippen molar-refractivity contribution in [1.29, 1.82) is 0 Å². The Bertz CT molecular complexity index is 431. The van der Waals surface area contributed by atoms with Crippen molar-refractivity contribution in [1.82, 2.24) is 5.32 Å². The van der Waals surface area contributed by atoms with Crippen LogP contribution in [0.4, 0.5) is 0 Å². The molecule has 3 atom stereocenters. The Balaban J connectivity index is 1.78. The second-order valence-corrected chi connectivity index (χ2v) is 4.98. The van der Waals surface area contributed by atoms with E-state index in [0.29, 0.717) is 24.8 Å². The van der Waals surface area contributed by atoms with Gasteiger partial charge in [0.1, 0.15) is 18.8 Å². The van der Waals surface area contributed by atoms with Crippen LogP contribution >= 0.6 is 0 Å². The number of carbonyl (C=O) groups excluding carboxylic acids is 3. The smallest absolute Gasteiger partial charge is 0.325 e. The minimum Gasteiger partial charge on any atom is -0.458 e. The van der Waals surface area contributed by atoms with E-state index >= 15 is 0 Å². The standard InChI is InChI=1S/C13H17NO5/c1-7(2)12(16)14-6-11(15)18-9-4-3-8-5-10(9)19-13(8)17/h8-10H,1,3-6H2,2H3,(H,14,16). The molecular formula is C13H17NO5. The number of fused-ring (bicyclic) bond motifs is 2. The first-order chi connectivity index (χ1) is 8.97. The molecule has 0 aromatic carbocycles. The molecule has 2 fully saturated rings. The van der Waals surface area contributed by atoms with Gasteiger partial charge in [-0.2, -0.15) is 0 Å². The van der Waals surface area contributed by atoms with Gasteiger partial charge < -0.3 is 14.8 Å². The van der Waals surface area contributed by atoms with Crippen molar-refractivity contribution >= 4 is 17.8 Å². The van der Waals surface area contributed by atoms with Gasteiger partial charge in [0.25, 0.3) is 0 Å². The molecule has 2 bridgehead atoms. The van der Waals surface area contributed by atoms with Gasteiger partial charge in [-0.3, -0.25) is 14.4 Å². The molecule has 1 N–H and O–H groups in total. The highest BCUT2D eigenvalue weighted by molar-refractivity contribution is 5.94. The Labute approximate surface area is 111 Å². The van der Waals surface area contributed by atoms with Crippen LogP contribution in [-0.2, 0) is 23.9 Å². The fraction of sp³-hybridized carbons (Fsp3) is 0.615. The molecule has 1 saturated carbocycles. The predicted molar refractivity (Wildman–Crippen MR) is 64.9 cm³/mol. The number of ether oxygens (including phenoxy) is 2. The molecule has 1 aliphatic heterocycles. The molecule has 1 amide bonds. The summed E-state index contributed by atoms with van der Waals surface area (Å²) < 4.78 is 10.4. The third-order valence-electron chi connectivity index (χ3n) is 3.40. The molecular weight excluding hydrogens is 250 g/mol. The molecule has 0 radical (unpaired) electrons. The third-order valence-corrected chi connectivity index (χ3v) is 3.40. The average molecular weight is 267 g/mol. The van der Waals surface area contributed by atoms with Gasteiger partial charge in [-0.25, -0.2) is 0 Å². The maximum Gasteiger partial charge on any atom is 0.325 e. The molecule has 0 spiro atoms. The maximum absolute atomic E-state index is 11.6. The molecule has 104 valence electrons. The SMILES string of the molecule is C=C(C)C(=O)NCC(=O)OC1CCC2CC1OC2=O. The molecule has 2 rings (SSSR count). The summed E-state index contributed by atoms with van der Waals surface area (Å²) in [5.41, 5.74) is 0.332. The van der Waals surface area contributed by atoms with E-state index in [1.807, 2.05) is 0 Å². The van der Waals surface area contributed by atoms with Crippen LogP contribution in [0, 0.1) is 5.92 Å². The predicted octanol–water partition coefficient (Wildman–Crippen LogP) is 0.316. The zero-order chi connectivity index (χ0) is 14.0. The van der Waals surface area contributed by atoms with Gasteiger partial charge >= 0.3 is 11.9 Å². The van der Waals surface area contributed by atoms with Gasteiger partial charge in [0.05, 0.1) is 5.92 Å². The lowest BCUT2D eigenvalue weighted by atomic mass is 9.88. The minimum absolute atomic E-state index is 0.0388. The maximum atomic E-state index is 11.6. The number of hydrogen-bond acceptors (Lipinski definition) is 5. The fourth-order valence-electron chi connectivity index (χ4n) is 2.33. The molecule has 6 nitrogen and oxygen atoms in total. The molecule has 1 aliphatic carbocycles. The molecule has 19 heavy (non-hydrogen) atoms. The van der Waals surface area contributed by atoms with Crippen molar-refractivity contribution in [3.05, 3.63) is 12.2 Å². The lowest BCUT2D eigenvalue weighted by Gasteiger charge is -2.25. The lowest BCUT2D eigenvalue weighted by Crippen LogP contribution is -2.38. The van der Waals surface area contributed by atoms with Crippen molar-refractivity contribution < 1.29 is 23.9 Å². The van der Waals surface area contributed by atoms with Crippen LogP contribution in [0.5, 0.6) is 0 Å². The van der Waals surface area contributed by atoms with Gasteiger partial charge in [-0.05, 0) is 19.8 Å².